The third-order valence-corrected chi connectivity index (χ3v) is 7.09. The van der Waals surface area contributed by atoms with Gasteiger partial charge in [-0.2, -0.15) is 0 Å². The predicted molar refractivity (Wildman–Crippen MR) is 144 cm³/mol. The lowest BCUT2D eigenvalue weighted by molar-refractivity contribution is 0.565. The summed E-state index contributed by atoms with van der Waals surface area (Å²) < 4.78 is 2.38. The lowest BCUT2D eigenvalue weighted by Crippen LogP contribution is -2.29. The first-order chi connectivity index (χ1) is 16.3. The average Bonchev–Trinajstić information content (AvgIpc) is 3.31. The number of pyridine rings is 1. The maximum absolute atomic E-state index is 5.91. The van der Waals surface area contributed by atoms with Crippen LogP contribution in [0.3, 0.4) is 0 Å². The smallest absolute Gasteiger partial charge is 0.174 e. The Hall–Kier alpha value is -3.44. The Labute approximate surface area is 207 Å². The summed E-state index contributed by atoms with van der Waals surface area (Å²) in [6.45, 7) is 10.8. The zero-order valence-corrected chi connectivity index (χ0v) is 21.1. The van der Waals surface area contributed by atoms with Crippen molar-refractivity contribution >= 4 is 23.0 Å². The largest absolute Gasteiger partial charge is 0.351 e. The average molecular weight is 467 g/mol. The Balaban J connectivity index is 1.71. The molecule has 1 saturated heterocycles. The number of thiocarbonyl (C=S) groups is 1. The Morgan fingerprint density at radius 1 is 0.853 bits per heavy atom. The number of hydrogen-bond acceptors (Lipinski definition) is 2. The molecular weight excluding hydrogens is 436 g/mol. The highest BCUT2D eigenvalue weighted by atomic mass is 32.1. The summed E-state index contributed by atoms with van der Waals surface area (Å²) in [5.41, 5.74) is 10.7. The molecule has 172 valence electrons. The van der Waals surface area contributed by atoms with E-state index in [1.165, 1.54) is 39.3 Å². The van der Waals surface area contributed by atoms with E-state index in [-0.39, 0.29) is 12.1 Å². The maximum atomic E-state index is 5.91. The van der Waals surface area contributed by atoms with Crippen molar-refractivity contribution in [2.24, 2.45) is 0 Å². The van der Waals surface area contributed by atoms with E-state index in [9.17, 15) is 0 Å². The molecule has 0 unspecified atom stereocenters. The zero-order valence-electron chi connectivity index (χ0n) is 20.3. The molecule has 3 heterocycles. The molecule has 5 rings (SSSR count). The molecule has 2 aromatic heterocycles. The lowest BCUT2D eigenvalue weighted by Gasteiger charge is -2.28. The second-order valence-corrected chi connectivity index (χ2v) is 9.67. The van der Waals surface area contributed by atoms with E-state index < -0.39 is 0 Å². The lowest BCUT2D eigenvalue weighted by atomic mass is 9.96. The number of rotatable bonds is 4. The Bertz CT molecular complexity index is 1370. The number of hydrogen-bond donors (Lipinski definition) is 1. The highest BCUT2D eigenvalue weighted by molar-refractivity contribution is 7.80. The van der Waals surface area contributed by atoms with Crippen molar-refractivity contribution in [2.45, 2.75) is 46.7 Å². The van der Waals surface area contributed by atoms with Crippen LogP contribution in [-0.4, -0.2) is 14.7 Å². The molecule has 2 aromatic carbocycles. The monoisotopic (exact) mass is 466 g/mol. The summed E-state index contributed by atoms with van der Waals surface area (Å²) >= 11 is 5.91. The molecule has 0 amide bonds. The second kappa shape index (κ2) is 8.73. The quantitative estimate of drug-likeness (QED) is 0.344. The van der Waals surface area contributed by atoms with Crippen LogP contribution in [0.5, 0.6) is 0 Å². The van der Waals surface area contributed by atoms with E-state index in [1.54, 1.807) is 0 Å². The molecule has 1 fully saturated rings. The fourth-order valence-electron chi connectivity index (χ4n) is 5.14. The number of anilines is 1. The molecule has 2 atom stereocenters. The van der Waals surface area contributed by atoms with Gasteiger partial charge >= 0.3 is 0 Å². The standard InChI is InChI=1S/C29H30N4S/c1-18-9-8-10-23(15-18)33-28(27(31-29(33)34)25-11-6-7-14-30-25)24-17-21(4)32(22(24)5)26-16-19(2)12-13-20(26)3/h6-17,27-28H,1-5H3,(H,31,34)/t27-,28-/m1/s1. The number of benzene rings is 2. The van der Waals surface area contributed by atoms with Crippen molar-refractivity contribution in [3.8, 4) is 5.69 Å². The van der Waals surface area contributed by atoms with Crippen LogP contribution in [0.1, 0.15) is 51.4 Å². The van der Waals surface area contributed by atoms with E-state index in [0.717, 1.165) is 16.5 Å². The van der Waals surface area contributed by atoms with Gasteiger partial charge in [-0.05, 0) is 105 Å². The van der Waals surface area contributed by atoms with Gasteiger partial charge in [-0.1, -0.05) is 30.3 Å². The molecule has 0 bridgehead atoms. The number of aromatic nitrogens is 2. The normalized spacial score (nSPS) is 17.8. The molecule has 1 aliphatic rings. The van der Waals surface area contributed by atoms with Gasteiger partial charge in [0.05, 0.1) is 17.8 Å². The highest BCUT2D eigenvalue weighted by Crippen LogP contribution is 2.44. The van der Waals surface area contributed by atoms with E-state index in [2.05, 4.69) is 104 Å². The van der Waals surface area contributed by atoms with Crippen LogP contribution < -0.4 is 10.2 Å². The summed E-state index contributed by atoms with van der Waals surface area (Å²) in [6.07, 6.45) is 1.85. The summed E-state index contributed by atoms with van der Waals surface area (Å²) in [4.78, 5) is 6.96. The number of aryl methyl sites for hydroxylation is 4. The van der Waals surface area contributed by atoms with Crippen molar-refractivity contribution in [3.63, 3.8) is 0 Å². The molecule has 4 nitrogen and oxygen atoms in total. The van der Waals surface area contributed by atoms with Crippen molar-refractivity contribution in [2.75, 3.05) is 4.90 Å². The molecule has 0 spiro atoms. The van der Waals surface area contributed by atoms with Gasteiger partial charge in [0.1, 0.15) is 0 Å². The first-order valence-corrected chi connectivity index (χ1v) is 12.1. The molecule has 1 aliphatic heterocycles. The van der Waals surface area contributed by atoms with Crippen LogP contribution in [0.25, 0.3) is 5.69 Å². The Morgan fingerprint density at radius 3 is 2.38 bits per heavy atom. The number of nitrogens with one attached hydrogen (secondary N) is 1. The summed E-state index contributed by atoms with van der Waals surface area (Å²) in [7, 11) is 0. The van der Waals surface area contributed by atoms with Crippen molar-refractivity contribution in [3.05, 3.63) is 112 Å². The summed E-state index contributed by atoms with van der Waals surface area (Å²) in [5.74, 6) is 0. The first-order valence-electron chi connectivity index (χ1n) is 11.7. The summed E-state index contributed by atoms with van der Waals surface area (Å²) in [5, 5.41) is 4.31. The summed E-state index contributed by atoms with van der Waals surface area (Å²) in [6, 6.07) is 23.5. The first kappa shape index (κ1) is 22.4. The van der Waals surface area contributed by atoms with Crippen LogP contribution in [0.15, 0.2) is 72.9 Å². The molecule has 0 radical (unpaired) electrons. The van der Waals surface area contributed by atoms with Crippen molar-refractivity contribution in [1.29, 1.82) is 0 Å². The van der Waals surface area contributed by atoms with Crippen molar-refractivity contribution in [1.82, 2.24) is 14.9 Å². The van der Waals surface area contributed by atoms with Crippen LogP contribution in [0, 0.1) is 34.6 Å². The van der Waals surface area contributed by atoms with Gasteiger partial charge < -0.3 is 14.8 Å². The fraction of sp³-hybridized carbons (Fsp3) is 0.241. The fourth-order valence-corrected chi connectivity index (χ4v) is 5.49. The van der Waals surface area contributed by atoms with E-state index in [0.29, 0.717) is 0 Å². The third kappa shape index (κ3) is 3.80. The molecule has 34 heavy (non-hydrogen) atoms. The third-order valence-electron chi connectivity index (χ3n) is 6.77. The maximum Gasteiger partial charge on any atom is 0.174 e. The topological polar surface area (TPSA) is 33.1 Å². The number of nitrogens with zero attached hydrogens (tertiary/aromatic N) is 3. The van der Waals surface area contributed by atoms with E-state index in [4.69, 9.17) is 17.2 Å². The van der Waals surface area contributed by atoms with Gasteiger partial charge in [-0.15, -0.1) is 0 Å². The van der Waals surface area contributed by atoms with Crippen LogP contribution in [0.2, 0.25) is 0 Å². The van der Waals surface area contributed by atoms with E-state index in [1.807, 2.05) is 18.3 Å². The van der Waals surface area contributed by atoms with Gasteiger partial charge in [0.15, 0.2) is 5.11 Å². The van der Waals surface area contributed by atoms with Crippen LogP contribution >= 0.6 is 12.2 Å². The van der Waals surface area contributed by atoms with Gasteiger partial charge in [0.25, 0.3) is 0 Å². The molecule has 1 N–H and O–H groups in total. The highest BCUT2D eigenvalue weighted by Gasteiger charge is 2.42. The second-order valence-electron chi connectivity index (χ2n) is 9.29. The molecule has 4 aromatic rings. The van der Waals surface area contributed by atoms with Gasteiger partial charge in [-0.3, -0.25) is 4.98 Å². The molecule has 5 heteroatoms. The minimum Gasteiger partial charge on any atom is -0.351 e. The van der Waals surface area contributed by atoms with Gasteiger partial charge in [-0.25, -0.2) is 0 Å². The predicted octanol–water partition coefficient (Wildman–Crippen LogP) is 6.59. The SMILES string of the molecule is Cc1cccc(N2C(=S)N[C@H](c3ccccn3)[C@H]2c2cc(C)n(-c3cc(C)ccc3C)c2C)c1. The molecular formula is C29H30N4S. The Morgan fingerprint density at radius 2 is 1.65 bits per heavy atom. The van der Waals surface area contributed by atoms with Gasteiger partial charge in [0, 0.05) is 29.0 Å². The molecule has 0 saturated carbocycles. The van der Waals surface area contributed by atoms with Crippen molar-refractivity contribution < 1.29 is 0 Å². The minimum absolute atomic E-state index is 0.0192. The van der Waals surface area contributed by atoms with Crippen LogP contribution in [-0.2, 0) is 0 Å². The minimum atomic E-state index is -0.0539. The van der Waals surface area contributed by atoms with E-state index >= 15 is 0 Å². The van der Waals surface area contributed by atoms with Crippen LogP contribution in [0.4, 0.5) is 5.69 Å². The Kier molecular flexibility index (Phi) is 5.74. The zero-order chi connectivity index (χ0) is 24.0. The van der Waals surface area contributed by atoms with Gasteiger partial charge in [0.2, 0.25) is 0 Å². The molecule has 0 aliphatic carbocycles.